The number of ether oxygens (including phenoxy) is 1. The van der Waals surface area contributed by atoms with Crippen LogP contribution in [0.1, 0.15) is 24.5 Å². The summed E-state index contributed by atoms with van der Waals surface area (Å²) >= 11 is 0. The number of hydrogen-bond acceptors (Lipinski definition) is 3. The molecule has 2 rings (SSSR count). The van der Waals surface area contributed by atoms with Crippen LogP contribution in [0.2, 0.25) is 0 Å². The Labute approximate surface area is 142 Å². The standard InChI is InChI=1S/C17H18F3NO4/c1-11(13-4-2-3-5-14(13)17(18,19)20)8-15(22)21-6-7-25-12(10-21)9-16(23)24/h2-5,8,12H,6-7,9-10H2,1H3,(H,23,24). The molecule has 0 saturated carbocycles. The van der Waals surface area contributed by atoms with Crippen molar-refractivity contribution in [3.8, 4) is 0 Å². The first-order chi connectivity index (χ1) is 11.7. The molecule has 0 aromatic heterocycles. The maximum Gasteiger partial charge on any atom is 0.416 e. The molecular formula is C17H18F3NO4. The second-order valence-corrected chi connectivity index (χ2v) is 5.75. The van der Waals surface area contributed by atoms with Crippen molar-refractivity contribution in [2.75, 3.05) is 19.7 Å². The molecule has 1 heterocycles. The molecular weight excluding hydrogens is 339 g/mol. The van der Waals surface area contributed by atoms with Crippen molar-refractivity contribution in [3.63, 3.8) is 0 Å². The number of amides is 1. The van der Waals surface area contributed by atoms with E-state index in [0.717, 1.165) is 12.1 Å². The lowest BCUT2D eigenvalue weighted by Crippen LogP contribution is -2.45. The Balaban J connectivity index is 2.17. The molecule has 1 aliphatic heterocycles. The third kappa shape index (κ3) is 5.06. The minimum absolute atomic E-state index is 0.0568. The van der Waals surface area contributed by atoms with Gasteiger partial charge in [0.25, 0.3) is 0 Å². The van der Waals surface area contributed by atoms with Crippen LogP contribution in [0.5, 0.6) is 0 Å². The van der Waals surface area contributed by atoms with Gasteiger partial charge in [0.05, 0.1) is 24.7 Å². The Morgan fingerprint density at radius 1 is 1.36 bits per heavy atom. The summed E-state index contributed by atoms with van der Waals surface area (Å²) in [6.45, 7) is 1.99. The molecule has 136 valence electrons. The van der Waals surface area contributed by atoms with Crippen molar-refractivity contribution in [2.45, 2.75) is 25.6 Å². The first-order valence-corrected chi connectivity index (χ1v) is 7.65. The van der Waals surface area contributed by atoms with Gasteiger partial charge in [0.2, 0.25) is 5.91 Å². The van der Waals surface area contributed by atoms with E-state index in [2.05, 4.69) is 0 Å². The molecule has 1 fully saturated rings. The number of benzene rings is 1. The van der Waals surface area contributed by atoms with E-state index in [1.165, 1.54) is 30.0 Å². The van der Waals surface area contributed by atoms with Gasteiger partial charge >= 0.3 is 12.1 Å². The molecule has 5 nitrogen and oxygen atoms in total. The number of morpholine rings is 1. The van der Waals surface area contributed by atoms with Crippen molar-refractivity contribution in [1.82, 2.24) is 4.90 Å². The van der Waals surface area contributed by atoms with Gasteiger partial charge < -0.3 is 14.7 Å². The first kappa shape index (κ1) is 19.0. The second kappa shape index (κ2) is 7.69. The van der Waals surface area contributed by atoms with Gasteiger partial charge in [-0.15, -0.1) is 0 Å². The van der Waals surface area contributed by atoms with Gasteiger partial charge in [-0.2, -0.15) is 13.2 Å². The van der Waals surface area contributed by atoms with E-state index in [1.54, 1.807) is 0 Å². The highest BCUT2D eigenvalue weighted by atomic mass is 19.4. The Morgan fingerprint density at radius 2 is 2.04 bits per heavy atom. The van der Waals surface area contributed by atoms with Crippen LogP contribution in [-0.4, -0.2) is 47.7 Å². The SMILES string of the molecule is CC(=CC(=O)N1CCOC(CC(=O)O)C1)c1ccccc1C(F)(F)F. The molecule has 0 radical (unpaired) electrons. The smallest absolute Gasteiger partial charge is 0.416 e. The lowest BCUT2D eigenvalue weighted by Gasteiger charge is -2.31. The van der Waals surface area contributed by atoms with E-state index in [-0.39, 0.29) is 37.3 Å². The number of carboxylic acids is 1. The number of alkyl halides is 3. The van der Waals surface area contributed by atoms with Crippen LogP contribution in [0.4, 0.5) is 13.2 Å². The zero-order valence-electron chi connectivity index (χ0n) is 13.5. The fraction of sp³-hybridized carbons (Fsp3) is 0.412. The number of rotatable bonds is 4. The van der Waals surface area contributed by atoms with Crippen LogP contribution in [0, 0.1) is 0 Å². The number of carboxylic acid groups (broad SMARTS) is 1. The number of aliphatic carboxylic acids is 1. The molecule has 1 aromatic carbocycles. The van der Waals surface area contributed by atoms with E-state index in [1.807, 2.05) is 0 Å². The second-order valence-electron chi connectivity index (χ2n) is 5.75. The van der Waals surface area contributed by atoms with Gasteiger partial charge in [-0.25, -0.2) is 0 Å². The van der Waals surface area contributed by atoms with Crippen molar-refractivity contribution < 1.29 is 32.6 Å². The monoisotopic (exact) mass is 357 g/mol. The highest BCUT2D eigenvalue weighted by molar-refractivity contribution is 5.95. The normalized spacial score (nSPS) is 19.0. The summed E-state index contributed by atoms with van der Waals surface area (Å²) in [6, 6.07) is 5.05. The Hall–Kier alpha value is -2.35. The van der Waals surface area contributed by atoms with Crippen molar-refractivity contribution >= 4 is 17.4 Å². The van der Waals surface area contributed by atoms with Gasteiger partial charge in [0, 0.05) is 19.2 Å². The lowest BCUT2D eigenvalue weighted by molar-refractivity contribution is -0.145. The van der Waals surface area contributed by atoms with E-state index in [9.17, 15) is 22.8 Å². The van der Waals surface area contributed by atoms with E-state index in [0.29, 0.717) is 0 Å². The van der Waals surface area contributed by atoms with Crippen LogP contribution in [-0.2, 0) is 20.5 Å². The van der Waals surface area contributed by atoms with Crippen LogP contribution < -0.4 is 0 Å². The average molecular weight is 357 g/mol. The molecule has 0 bridgehead atoms. The predicted octanol–water partition coefficient (Wildman–Crippen LogP) is 2.81. The summed E-state index contributed by atoms with van der Waals surface area (Å²) in [4.78, 5) is 24.5. The number of hydrogen-bond donors (Lipinski definition) is 1. The van der Waals surface area contributed by atoms with Crippen molar-refractivity contribution in [3.05, 3.63) is 41.5 Å². The number of allylic oxidation sites excluding steroid dienone is 1. The first-order valence-electron chi connectivity index (χ1n) is 7.65. The van der Waals surface area contributed by atoms with Gasteiger partial charge in [-0.1, -0.05) is 18.2 Å². The third-order valence-electron chi connectivity index (χ3n) is 3.85. The van der Waals surface area contributed by atoms with Gasteiger partial charge in [0.1, 0.15) is 0 Å². The van der Waals surface area contributed by atoms with Gasteiger partial charge in [-0.3, -0.25) is 9.59 Å². The average Bonchev–Trinajstić information content (AvgIpc) is 2.53. The maximum atomic E-state index is 13.1. The molecule has 1 atom stereocenters. The summed E-state index contributed by atoms with van der Waals surface area (Å²) in [7, 11) is 0. The minimum Gasteiger partial charge on any atom is -0.481 e. The molecule has 8 heteroatoms. The highest BCUT2D eigenvalue weighted by Gasteiger charge is 2.33. The van der Waals surface area contributed by atoms with Crippen LogP contribution in [0.15, 0.2) is 30.3 Å². The summed E-state index contributed by atoms with van der Waals surface area (Å²) in [5.41, 5.74) is -0.667. The Morgan fingerprint density at radius 3 is 2.68 bits per heavy atom. The number of nitrogens with zero attached hydrogens (tertiary/aromatic N) is 1. The lowest BCUT2D eigenvalue weighted by atomic mass is 10.00. The van der Waals surface area contributed by atoms with Gasteiger partial charge in [0.15, 0.2) is 0 Å². The number of carbonyl (C=O) groups excluding carboxylic acids is 1. The topological polar surface area (TPSA) is 66.8 Å². The molecule has 1 aromatic rings. The third-order valence-corrected chi connectivity index (χ3v) is 3.85. The van der Waals surface area contributed by atoms with Crippen molar-refractivity contribution in [2.24, 2.45) is 0 Å². The number of carbonyl (C=O) groups is 2. The van der Waals surface area contributed by atoms with E-state index in [4.69, 9.17) is 9.84 Å². The molecule has 1 N–H and O–H groups in total. The van der Waals surface area contributed by atoms with Crippen LogP contribution in [0.25, 0.3) is 5.57 Å². The van der Waals surface area contributed by atoms with Crippen LogP contribution >= 0.6 is 0 Å². The molecule has 1 aliphatic rings. The summed E-state index contributed by atoms with van der Waals surface area (Å²) in [5.74, 6) is -1.50. The molecule has 25 heavy (non-hydrogen) atoms. The molecule has 1 unspecified atom stereocenters. The Kier molecular flexibility index (Phi) is 5.84. The predicted molar refractivity (Wildman–Crippen MR) is 83.7 cm³/mol. The quantitative estimate of drug-likeness (QED) is 0.842. The van der Waals surface area contributed by atoms with Crippen LogP contribution in [0.3, 0.4) is 0 Å². The Bertz CT molecular complexity index is 685. The molecule has 1 saturated heterocycles. The zero-order valence-corrected chi connectivity index (χ0v) is 13.5. The molecule has 0 aliphatic carbocycles. The highest BCUT2D eigenvalue weighted by Crippen LogP contribution is 2.34. The minimum atomic E-state index is -4.51. The largest absolute Gasteiger partial charge is 0.481 e. The van der Waals surface area contributed by atoms with E-state index >= 15 is 0 Å². The summed E-state index contributed by atoms with van der Waals surface area (Å²) < 4.78 is 44.5. The van der Waals surface area contributed by atoms with Crippen molar-refractivity contribution in [1.29, 1.82) is 0 Å². The fourth-order valence-corrected chi connectivity index (χ4v) is 2.67. The van der Waals surface area contributed by atoms with E-state index < -0.39 is 29.7 Å². The van der Waals surface area contributed by atoms with Gasteiger partial charge in [-0.05, 0) is 24.1 Å². The maximum absolute atomic E-state index is 13.1. The molecule has 1 amide bonds. The summed E-state index contributed by atoms with van der Waals surface area (Å²) in [5, 5.41) is 8.79. The molecule has 0 spiro atoms. The number of halogens is 3. The zero-order chi connectivity index (χ0) is 18.6. The summed E-state index contributed by atoms with van der Waals surface area (Å²) in [6.07, 6.45) is -4.22. The fourth-order valence-electron chi connectivity index (χ4n) is 2.67.